The molecular formula is C19H22Cl2N3O2+. The smallest absolute Gasteiger partial charge is 0.279 e. The van der Waals surface area contributed by atoms with Gasteiger partial charge in [-0.15, -0.1) is 0 Å². The molecule has 0 aromatic heterocycles. The van der Waals surface area contributed by atoms with Crippen molar-refractivity contribution in [3.63, 3.8) is 0 Å². The summed E-state index contributed by atoms with van der Waals surface area (Å²) in [7, 11) is 1.78. The first-order valence-electron chi connectivity index (χ1n) is 8.18. The van der Waals surface area contributed by atoms with Gasteiger partial charge < -0.3 is 15.5 Å². The van der Waals surface area contributed by atoms with Crippen LogP contribution < -0.4 is 15.5 Å². The predicted molar refractivity (Wildman–Crippen MR) is 106 cm³/mol. The number of hydrogen-bond acceptors (Lipinski definition) is 2. The zero-order chi connectivity index (χ0) is 19.3. The summed E-state index contributed by atoms with van der Waals surface area (Å²) in [6.07, 6.45) is 0. The van der Waals surface area contributed by atoms with Crippen LogP contribution in [0.2, 0.25) is 10.0 Å². The molecule has 0 aliphatic heterocycles. The van der Waals surface area contributed by atoms with E-state index in [1.54, 1.807) is 37.4 Å². The summed E-state index contributed by atoms with van der Waals surface area (Å²) in [6, 6.07) is 10.6. The van der Waals surface area contributed by atoms with E-state index in [2.05, 4.69) is 10.6 Å². The van der Waals surface area contributed by atoms with E-state index >= 15 is 0 Å². The van der Waals surface area contributed by atoms with Gasteiger partial charge in [0, 0.05) is 10.7 Å². The fourth-order valence-corrected chi connectivity index (χ4v) is 3.10. The summed E-state index contributed by atoms with van der Waals surface area (Å²) in [6.45, 7) is 4.15. The number of nitrogens with one attached hydrogen (secondary N) is 3. The van der Waals surface area contributed by atoms with Crippen LogP contribution in [0.15, 0.2) is 36.4 Å². The average molecular weight is 395 g/mol. The maximum atomic E-state index is 12.3. The Hall–Kier alpha value is -2.08. The zero-order valence-corrected chi connectivity index (χ0v) is 16.5. The van der Waals surface area contributed by atoms with Crippen molar-refractivity contribution < 1.29 is 14.5 Å². The molecule has 2 aromatic rings. The van der Waals surface area contributed by atoms with Gasteiger partial charge in [-0.25, -0.2) is 0 Å². The minimum Gasteiger partial charge on any atom is -0.322 e. The first-order valence-corrected chi connectivity index (χ1v) is 8.93. The molecule has 2 amide bonds. The number of amides is 2. The third kappa shape index (κ3) is 6.02. The van der Waals surface area contributed by atoms with Gasteiger partial charge in [0.05, 0.1) is 17.8 Å². The molecule has 0 heterocycles. The third-order valence-electron chi connectivity index (χ3n) is 3.75. The molecule has 0 spiro atoms. The van der Waals surface area contributed by atoms with E-state index in [-0.39, 0.29) is 24.9 Å². The van der Waals surface area contributed by atoms with Crippen LogP contribution in [0.3, 0.4) is 0 Å². The van der Waals surface area contributed by atoms with Crippen molar-refractivity contribution in [2.75, 3.05) is 30.8 Å². The topological polar surface area (TPSA) is 62.6 Å². The lowest BCUT2D eigenvalue weighted by Gasteiger charge is -2.15. The SMILES string of the molecule is Cc1cc(C)c(NC(=O)C[NH+](C)CC(=O)Nc2ccc(Cl)cc2)c(Cl)c1. The monoisotopic (exact) mass is 394 g/mol. The number of benzene rings is 2. The predicted octanol–water partition coefficient (Wildman–Crippen LogP) is 2.70. The van der Waals surface area contributed by atoms with Crippen LogP contribution >= 0.6 is 23.2 Å². The highest BCUT2D eigenvalue weighted by Gasteiger charge is 2.16. The molecule has 3 N–H and O–H groups in total. The lowest BCUT2D eigenvalue weighted by atomic mass is 10.1. The third-order valence-corrected chi connectivity index (χ3v) is 4.30. The first kappa shape index (κ1) is 20.2. The summed E-state index contributed by atoms with van der Waals surface area (Å²) in [5.41, 5.74) is 3.22. The molecule has 5 nitrogen and oxygen atoms in total. The Morgan fingerprint density at radius 1 is 0.962 bits per heavy atom. The second-order valence-electron chi connectivity index (χ2n) is 6.35. The highest BCUT2D eigenvalue weighted by atomic mass is 35.5. The maximum Gasteiger partial charge on any atom is 0.279 e. The van der Waals surface area contributed by atoms with Crippen LogP contribution in [0.1, 0.15) is 11.1 Å². The van der Waals surface area contributed by atoms with Gasteiger partial charge in [0.1, 0.15) is 0 Å². The molecule has 0 aliphatic carbocycles. The Morgan fingerprint density at radius 2 is 1.54 bits per heavy atom. The van der Waals surface area contributed by atoms with E-state index in [1.165, 1.54) is 0 Å². The quantitative estimate of drug-likeness (QED) is 0.705. The molecule has 7 heteroatoms. The summed E-state index contributed by atoms with van der Waals surface area (Å²) in [5.74, 6) is -0.377. The van der Waals surface area contributed by atoms with Crippen molar-refractivity contribution in [3.8, 4) is 0 Å². The Labute approximate surface area is 163 Å². The van der Waals surface area contributed by atoms with Gasteiger partial charge in [-0.1, -0.05) is 29.3 Å². The Bertz CT molecular complexity index is 784. The fourth-order valence-electron chi connectivity index (χ4n) is 2.61. The van der Waals surface area contributed by atoms with Gasteiger partial charge in [-0.05, 0) is 55.3 Å². The standard InChI is InChI=1S/C19H21Cl2N3O2/c1-12-8-13(2)19(16(21)9-12)23-18(26)11-24(3)10-17(25)22-15-6-4-14(20)5-7-15/h4-9H,10-11H2,1-3H3,(H,22,25)(H,23,26)/p+1. The van der Waals surface area contributed by atoms with Crippen molar-refractivity contribution >= 4 is 46.4 Å². The maximum absolute atomic E-state index is 12.3. The summed E-state index contributed by atoms with van der Waals surface area (Å²) in [4.78, 5) is 25.1. The van der Waals surface area contributed by atoms with Crippen LogP contribution in [0.5, 0.6) is 0 Å². The molecule has 0 saturated carbocycles. The zero-order valence-electron chi connectivity index (χ0n) is 15.0. The molecule has 138 valence electrons. The number of hydrogen-bond donors (Lipinski definition) is 3. The van der Waals surface area contributed by atoms with Crippen molar-refractivity contribution in [1.82, 2.24) is 0 Å². The fraction of sp³-hybridized carbons (Fsp3) is 0.263. The normalized spacial score (nSPS) is 11.7. The van der Waals surface area contributed by atoms with E-state index in [9.17, 15) is 9.59 Å². The van der Waals surface area contributed by atoms with E-state index in [4.69, 9.17) is 23.2 Å². The van der Waals surface area contributed by atoms with E-state index in [1.807, 2.05) is 19.9 Å². The lowest BCUT2D eigenvalue weighted by molar-refractivity contribution is -0.862. The number of rotatable bonds is 6. The molecule has 2 rings (SSSR count). The van der Waals surface area contributed by atoms with Crippen LogP contribution in [-0.2, 0) is 9.59 Å². The minimum absolute atomic E-state index is 0.150. The second kappa shape index (κ2) is 9.03. The molecule has 0 aliphatic rings. The average Bonchev–Trinajstić information content (AvgIpc) is 2.52. The molecule has 1 unspecified atom stereocenters. The number of halogens is 2. The minimum atomic E-state index is -0.198. The summed E-state index contributed by atoms with van der Waals surface area (Å²) >= 11 is 12.0. The van der Waals surface area contributed by atoms with Gasteiger partial charge in [-0.2, -0.15) is 0 Å². The Balaban J connectivity index is 1.87. The lowest BCUT2D eigenvalue weighted by Crippen LogP contribution is -3.11. The van der Waals surface area contributed by atoms with Gasteiger partial charge in [-0.3, -0.25) is 9.59 Å². The van der Waals surface area contributed by atoms with Crippen molar-refractivity contribution in [1.29, 1.82) is 0 Å². The molecule has 0 fully saturated rings. The number of quaternary nitrogens is 1. The summed E-state index contributed by atoms with van der Waals surface area (Å²) in [5, 5.41) is 6.72. The number of likely N-dealkylation sites (N-methyl/N-ethyl adjacent to an activating group) is 1. The number of carbonyl (C=O) groups is 2. The van der Waals surface area contributed by atoms with Crippen molar-refractivity contribution in [2.24, 2.45) is 0 Å². The molecule has 0 radical (unpaired) electrons. The van der Waals surface area contributed by atoms with Gasteiger partial charge in [0.2, 0.25) is 0 Å². The van der Waals surface area contributed by atoms with Crippen LogP contribution in [0.25, 0.3) is 0 Å². The molecule has 2 aromatic carbocycles. The Kier molecular flexibility index (Phi) is 7.03. The van der Waals surface area contributed by atoms with E-state index < -0.39 is 0 Å². The van der Waals surface area contributed by atoms with Crippen molar-refractivity contribution in [2.45, 2.75) is 13.8 Å². The van der Waals surface area contributed by atoms with E-state index in [0.29, 0.717) is 21.4 Å². The molecule has 26 heavy (non-hydrogen) atoms. The van der Waals surface area contributed by atoms with Crippen molar-refractivity contribution in [3.05, 3.63) is 57.6 Å². The van der Waals surface area contributed by atoms with Gasteiger partial charge in [0.25, 0.3) is 11.8 Å². The number of carbonyl (C=O) groups excluding carboxylic acids is 2. The second-order valence-corrected chi connectivity index (χ2v) is 7.20. The number of anilines is 2. The summed E-state index contributed by atoms with van der Waals surface area (Å²) < 4.78 is 0. The Morgan fingerprint density at radius 3 is 2.12 bits per heavy atom. The molecule has 0 saturated heterocycles. The van der Waals surface area contributed by atoms with Crippen LogP contribution in [-0.4, -0.2) is 32.0 Å². The largest absolute Gasteiger partial charge is 0.322 e. The molecule has 1 atom stereocenters. The highest BCUT2D eigenvalue weighted by molar-refractivity contribution is 6.34. The van der Waals surface area contributed by atoms with Crippen LogP contribution in [0, 0.1) is 13.8 Å². The number of aryl methyl sites for hydroxylation is 2. The van der Waals surface area contributed by atoms with Gasteiger partial charge in [0.15, 0.2) is 13.1 Å². The molecule has 0 bridgehead atoms. The highest BCUT2D eigenvalue weighted by Crippen LogP contribution is 2.27. The molecular weight excluding hydrogens is 373 g/mol. The van der Waals surface area contributed by atoms with Crippen LogP contribution in [0.4, 0.5) is 11.4 Å². The van der Waals surface area contributed by atoms with E-state index in [0.717, 1.165) is 16.0 Å². The van der Waals surface area contributed by atoms with Gasteiger partial charge >= 0.3 is 0 Å². The first-order chi connectivity index (χ1) is 12.2.